The highest BCUT2D eigenvalue weighted by Gasteiger charge is 2.22. The molecule has 0 aromatic carbocycles. The first-order valence-electron chi connectivity index (χ1n) is 6.01. The minimum Gasteiger partial charge on any atom is -0.493 e. The van der Waals surface area contributed by atoms with Gasteiger partial charge in [-0.1, -0.05) is 0 Å². The van der Waals surface area contributed by atoms with Gasteiger partial charge in [-0.25, -0.2) is 9.78 Å². The van der Waals surface area contributed by atoms with Crippen LogP contribution in [0.1, 0.15) is 17.3 Å². The van der Waals surface area contributed by atoms with Gasteiger partial charge in [0.2, 0.25) is 5.88 Å². The standard InChI is InChI=1S/C12H12N4O5/c1-3-21-12(18)7-4-6-9(13-2)8(16(19)20)5-14-10(6)15-11(7)17/h4-5H,3H2,1-2H3,(H2,13,14,15,17). The summed E-state index contributed by atoms with van der Waals surface area (Å²) in [4.78, 5) is 29.7. The molecule has 2 aromatic rings. The van der Waals surface area contributed by atoms with E-state index in [0.717, 1.165) is 6.20 Å². The summed E-state index contributed by atoms with van der Waals surface area (Å²) in [6.45, 7) is 1.75. The molecule has 0 aliphatic rings. The van der Waals surface area contributed by atoms with Crippen LogP contribution in [-0.2, 0) is 4.74 Å². The van der Waals surface area contributed by atoms with Crippen molar-refractivity contribution in [1.29, 1.82) is 0 Å². The quantitative estimate of drug-likeness (QED) is 0.492. The van der Waals surface area contributed by atoms with Gasteiger partial charge in [0.1, 0.15) is 17.4 Å². The van der Waals surface area contributed by atoms with Gasteiger partial charge >= 0.3 is 11.7 Å². The number of pyridine rings is 2. The lowest BCUT2D eigenvalue weighted by atomic mass is 10.1. The summed E-state index contributed by atoms with van der Waals surface area (Å²) in [5.74, 6) is -1.30. The van der Waals surface area contributed by atoms with E-state index in [1.165, 1.54) is 13.1 Å². The van der Waals surface area contributed by atoms with Crippen LogP contribution in [0.4, 0.5) is 11.4 Å². The number of nitrogens with one attached hydrogen (secondary N) is 1. The fourth-order valence-corrected chi connectivity index (χ4v) is 1.86. The average molecular weight is 292 g/mol. The minimum atomic E-state index is -0.766. The molecule has 9 heteroatoms. The van der Waals surface area contributed by atoms with Crippen molar-refractivity contribution in [2.45, 2.75) is 6.92 Å². The number of carbonyl (C=O) groups is 1. The molecule has 0 unspecified atom stereocenters. The molecule has 0 spiro atoms. The van der Waals surface area contributed by atoms with Crippen LogP contribution in [0.25, 0.3) is 11.0 Å². The zero-order valence-corrected chi connectivity index (χ0v) is 11.3. The second-order valence-corrected chi connectivity index (χ2v) is 3.98. The Morgan fingerprint density at radius 3 is 2.86 bits per heavy atom. The Morgan fingerprint density at radius 1 is 1.57 bits per heavy atom. The third kappa shape index (κ3) is 2.53. The molecule has 2 heterocycles. The van der Waals surface area contributed by atoms with Crippen molar-refractivity contribution in [3.63, 3.8) is 0 Å². The Labute approximate surface area is 118 Å². The first-order chi connectivity index (χ1) is 9.99. The van der Waals surface area contributed by atoms with Crippen LogP contribution in [-0.4, -0.2) is 39.6 Å². The third-order valence-corrected chi connectivity index (χ3v) is 2.76. The molecule has 0 atom stereocenters. The number of carbonyl (C=O) groups excluding carboxylic acids is 1. The Balaban J connectivity index is 2.73. The van der Waals surface area contributed by atoms with Crippen LogP contribution in [0.3, 0.4) is 0 Å². The van der Waals surface area contributed by atoms with E-state index in [0.29, 0.717) is 0 Å². The van der Waals surface area contributed by atoms with Crippen molar-refractivity contribution >= 4 is 28.4 Å². The zero-order chi connectivity index (χ0) is 15.6. The van der Waals surface area contributed by atoms with Crippen LogP contribution >= 0.6 is 0 Å². The van der Waals surface area contributed by atoms with E-state index in [1.54, 1.807) is 6.92 Å². The molecule has 110 valence electrons. The number of nitro groups is 1. The number of hydrogen-bond acceptors (Lipinski definition) is 8. The molecule has 0 radical (unpaired) electrons. The number of aromatic nitrogens is 2. The molecule has 2 rings (SSSR count). The van der Waals surface area contributed by atoms with Gasteiger partial charge in [-0.3, -0.25) is 10.1 Å². The van der Waals surface area contributed by atoms with Gasteiger partial charge in [0.05, 0.1) is 16.9 Å². The van der Waals surface area contributed by atoms with Crippen molar-refractivity contribution in [2.75, 3.05) is 19.0 Å². The molecule has 0 amide bonds. The molecular formula is C12H12N4O5. The van der Waals surface area contributed by atoms with E-state index in [1.807, 2.05) is 0 Å². The van der Waals surface area contributed by atoms with E-state index in [9.17, 15) is 20.0 Å². The monoisotopic (exact) mass is 292 g/mol. The van der Waals surface area contributed by atoms with Crippen molar-refractivity contribution < 1.29 is 19.6 Å². The van der Waals surface area contributed by atoms with Crippen molar-refractivity contribution in [1.82, 2.24) is 9.97 Å². The molecule has 0 fully saturated rings. The molecular weight excluding hydrogens is 280 g/mol. The summed E-state index contributed by atoms with van der Waals surface area (Å²) in [6, 6.07) is 1.27. The second kappa shape index (κ2) is 5.57. The van der Waals surface area contributed by atoms with E-state index < -0.39 is 16.8 Å². The SMILES string of the molecule is CCOC(=O)c1cc2c(NC)c([N+](=O)[O-])cnc2nc1O. The van der Waals surface area contributed by atoms with Gasteiger partial charge < -0.3 is 15.2 Å². The molecule has 0 saturated carbocycles. The number of hydrogen-bond donors (Lipinski definition) is 2. The molecule has 21 heavy (non-hydrogen) atoms. The number of anilines is 1. The van der Waals surface area contributed by atoms with Gasteiger partial charge in [-0.15, -0.1) is 0 Å². The highest BCUT2D eigenvalue weighted by molar-refractivity contribution is 6.01. The summed E-state index contributed by atoms with van der Waals surface area (Å²) >= 11 is 0. The van der Waals surface area contributed by atoms with Crippen molar-refractivity contribution in [3.8, 4) is 5.88 Å². The fraction of sp³-hybridized carbons (Fsp3) is 0.250. The highest BCUT2D eigenvalue weighted by Crippen LogP contribution is 2.32. The van der Waals surface area contributed by atoms with E-state index in [-0.39, 0.29) is 34.6 Å². The number of esters is 1. The maximum absolute atomic E-state index is 11.7. The minimum absolute atomic E-state index is 0.0792. The Kier molecular flexibility index (Phi) is 3.83. The van der Waals surface area contributed by atoms with Crippen molar-refractivity contribution in [3.05, 3.63) is 27.9 Å². The van der Waals surface area contributed by atoms with Crippen LogP contribution < -0.4 is 5.32 Å². The first kappa shape index (κ1) is 14.4. The smallest absolute Gasteiger partial charge is 0.343 e. The van der Waals surface area contributed by atoms with Crippen LogP contribution in [0, 0.1) is 10.1 Å². The van der Waals surface area contributed by atoms with Crippen molar-refractivity contribution in [2.24, 2.45) is 0 Å². The van der Waals surface area contributed by atoms with Gasteiger partial charge in [0, 0.05) is 7.05 Å². The summed E-state index contributed by atoms with van der Waals surface area (Å²) in [5.41, 5.74) is -0.200. The molecule has 9 nitrogen and oxygen atoms in total. The zero-order valence-electron chi connectivity index (χ0n) is 11.3. The van der Waals surface area contributed by atoms with Gasteiger partial charge in [0.15, 0.2) is 5.65 Å². The second-order valence-electron chi connectivity index (χ2n) is 3.98. The molecule has 0 aliphatic heterocycles. The number of nitrogens with zero attached hydrogens (tertiary/aromatic N) is 3. The number of rotatable bonds is 4. The molecule has 2 aromatic heterocycles. The summed E-state index contributed by atoms with van der Waals surface area (Å²) in [5, 5.41) is 23.6. The summed E-state index contributed by atoms with van der Waals surface area (Å²) < 4.78 is 4.80. The largest absolute Gasteiger partial charge is 0.493 e. The maximum atomic E-state index is 11.7. The number of aromatic hydroxyl groups is 1. The lowest BCUT2D eigenvalue weighted by Gasteiger charge is -2.08. The highest BCUT2D eigenvalue weighted by atomic mass is 16.6. The number of fused-ring (bicyclic) bond motifs is 1. The topological polar surface area (TPSA) is 127 Å². The van der Waals surface area contributed by atoms with Crippen LogP contribution in [0.2, 0.25) is 0 Å². The lowest BCUT2D eigenvalue weighted by Crippen LogP contribution is -2.07. The Hall–Kier alpha value is -2.97. The molecule has 0 bridgehead atoms. The van der Waals surface area contributed by atoms with Crippen LogP contribution in [0.15, 0.2) is 12.3 Å². The molecule has 2 N–H and O–H groups in total. The fourth-order valence-electron chi connectivity index (χ4n) is 1.86. The van der Waals surface area contributed by atoms with E-state index >= 15 is 0 Å². The van der Waals surface area contributed by atoms with Gasteiger partial charge in [0.25, 0.3) is 0 Å². The summed E-state index contributed by atoms with van der Waals surface area (Å²) in [7, 11) is 1.50. The lowest BCUT2D eigenvalue weighted by molar-refractivity contribution is -0.384. The summed E-state index contributed by atoms with van der Waals surface area (Å²) in [6.07, 6.45) is 1.03. The molecule has 0 aliphatic carbocycles. The third-order valence-electron chi connectivity index (χ3n) is 2.76. The van der Waals surface area contributed by atoms with E-state index in [2.05, 4.69) is 15.3 Å². The molecule has 0 saturated heterocycles. The maximum Gasteiger partial charge on any atom is 0.343 e. The normalized spacial score (nSPS) is 10.4. The van der Waals surface area contributed by atoms with Crippen LogP contribution in [0.5, 0.6) is 5.88 Å². The van der Waals surface area contributed by atoms with Gasteiger partial charge in [-0.05, 0) is 13.0 Å². The first-order valence-corrected chi connectivity index (χ1v) is 6.01. The van der Waals surface area contributed by atoms with E-state index in [4.69, 9.17) is 4.74 Å². The predicted octanol–water partition coefficient (Wildman–Crippen LogP) is 1.46. The predicted molar refractivity (Wildman–Crippen MR) is 73.4 cm³/mol. The van der Waals surface area contributed by atoms with Gasteiger partial charge in [-0.2, -0.15) is 4.98 Å². The number of ether oxygens (including phenoxy) is 1. The average Bonchev–Trinajstić information content (AvgIpc) is 2.45. The Bertz CT molecular complexity index is 731. The Morgan fingerprint density at radius 2 is 2.29 bits per heavy atom.